The molecule has 4 nitrogen and oxygen atoms in total. The summed E-state index contributed by atoms with van der Waals surface area (Å²) in [4.78, 5) is 10.8. The molecule has 0 saturated heterocycles. The van der Waals surface area contributed by atoms with Crippen LogP contribution in [0.1, 0.15) is 15.9 Å². The molecule has 0 fully saturated rings. The van der Waals surface area contributed by atoms with Gasteiger partial charge < -0.3 is 14.6 Å². The highest BCUT2D eigenvalue weighted by atomic mass is 16.5. The van der Waals surface area contributed by atoms with Crippen molar-refractivity contribution < 1.29 is 19.4 Å². The van der Waals surface area contributed by atoms with Crippen LogP contribution in [-0.4, -0.2) is 24.3 Å². The van der Waals surface area contributed by atoms with E-state index < -0.39 is 5.97 Å². The topological polar surface area (TPSA) is 55.8 Å². The maximum absolute atomic E-state index is 10.8. The quantitative estimate of drug-likeness (QED) is 0.821. The lowest BCUT2D eigenvalue weighted by Crippen LogP contribution is -2.09. The van der Waals surface area contributed by atoms with Gasteiger partial charge in [-0.3, -0.25) is 0 Å². The van der Waals surface area contributed by atoms with Crippen molar-refractivity contribution in [3.05, 3.63) is 59.7 Å². The summed E-state index contributed by atoms with van der Waals surface area (Å²) in [5, 5.41) is 8.87. The molecule has 0 amide bonds. The Morgan fingerprint density at radius 1 is 1.00 bits per heavy atom. The fraction of sp³-hybridized carbons (Fsp3) is 0.188. The summed E-state index contributed by atoms with van der Waals surface area (Å²) in [6, 6.07) is 14.2. The fourth-order valence-electron chi connectivity index (χ4n) is 1.67. The van der Waals surface area contributed by atoms with Gasteiger partial charge in [0, 0.05) is 0 Å². The van der Waals surface area contributed by atoms with Gasteiger partial charge in [0.05, 0.1) is 5.56 Å². The van der Waals surface area contributed by atoms with Crippen molar-refractivity contribution in [3.63, 3.8) is 0 Å². The van der Waals surface area contributed by atoms with Gasteiger partial charge in [0.15, 0.2) is 0 Å². The van der Waals surface area contributed by atoms with Gasteiger partial charge in [0.1, 0.15) is 24.7 Å². The molecule has 0 atom stereocenters. The lowest BCUT2D eigenvalue weighted by atomic mass is 10.2. The molecule has 20 heavy (non-hydrogen) atoms. The average molecular weight is 272 g/mol. The number of ether oxygens (including phenoxy) is 2. The van der Waals surface area contributed by atoms with Gasteiger partial charge >= 0.3 is 5.97 Å². The highest BCUT2D eigenvalue weighted by Crippen LogP contribution is 2.14. The van der Waals surface area contributed by atoms with E-state index in [0.29, 0.717) is 19.0 Å². The lowest BCUT2D eigenvalue weighted by molar-refractivity contribution is 0.0696. The molecule has 0 aliphatic heterocycles. The third-order valence-electron chi connectivity index (χ3n) is 2.72. The molecule has 0 spiro atoms. The maximum atomic E-state index is 10.8. The number of carbonyl (C=O) groups is 1. The Hall–Kier alpha value is -2.49. The maximum Gasteiger partial charge on any atom is 0.335 e. The molecule has 0 aliphatic rings. The van der Waals surface area contributed by atoms with Gasteiger partial charge in [0.2, 0.25) is 0 Å². The van der Waals surface area contributed by atoms with E-state index in [-0.39, 0.29) is 5.56 Å². The van der Waals surface area contributed by atoms with E-state index in [9.17, 15) is 4.79 Å². The van der Waals surface area contributed by atoms with Crippen LogP contribution in [0, 0.1) is 6.92 Å². The third-order valence-corrected chi connectivity index (χ3v) is 2.72. The van der Waals surface area contributed by atoms with Gasteiger partial charge in [0.25, 0.3) is 0 Å². The summed E-state index contributed by atoms with van der Waals surface area (Å²) in [5.41, 5.74) is 1.39. The molecule has 0 unspecified atom stereocenters. The van der Waals surface area contributed by atoms with Gasteiger partial charge in [-0.25, -0.2) is 4.79 Å². The second-order valence-electron chi connectivity index (χ2n) is 4.34. The molecule has 2 rings (SSSR count). The number of benzene rings is 2. The molecule has 2 aromatic carbocycles. The van der Waals surface area contributed by atoms with Crippen molar-refractivity contribution >= 4 is 5.97 Å². The van der Waals surface area contributed by atoms with E-state index >= 15 is 0 Å². The molecular formula is C16H16O4. The Bertz CT molecular complexity index is 575. The summed E-state index contributed by atoms with van der Waals surface area (Å²) in [5.74, 6) is 0.349. The Morgan fingerprint density at radius 3 is 2.30 bits per heavy atom. The first-order valence-electron chi connectivity index (χ1n) is 6.31. The van der Waals surface area contributed by atoms with Crippen LogP contribution in [0.4, 0.5) is 0 Å². The number of carboxylic acid groups (broad SMARTS) is 1. The number of hydrogen-bond donors (Lipinski definition) is 1. The summed E-state index contributed by atoms with van der Waals surface area (Å²) >= 11 is 0. The van der Waals surface area contributed by atoms with E-state index in [4.69, 9.17) is 14.6 Å². The Morgan fingerprint density at radius 2 is 1.65 bits per heavy atom. The molecule has 2 aromatic rings. The van der Waals surface area contributed by atoms with E-state index in [1.807, 2.05) is 31.2 Å². The minimum absolute atomic E-state index is 0.210. The second kappa shape index (κ2) is 6.61. The SMILES string of the molecule is Cc1ccc(OCCOc2cccc(C(=O)O)c2)cc1. The van der Waals surface area contributed by atoms with Crippen LogP contribution in [0.2, 0.25) is 0 Å². The van der Waals surface area contributed by atoms with Gasteiger partial charge in [-0.05, 0) is 37.3 Å². The normalized spacial score (nSPS) is 10.1. The van der Waals surface area contributed by atoms with E-state index in [1.165, 1.54) is 17.7 Å². The van der Waals surface area contributed by atoms with Crippen LogP contribution in [0.25, 0.3) is 0 Å². The van der Waals surface area contributed by atoms with E-state index in [2.05, 4.69) is 0 Å². The van der Waals surface area contributed by atoms with Crippen molar-refractivity contribution in [2.45, 2.75) is 6.92 Å². The van der Waals surface area contributed by atoms with E-state index in [0.717, 1.165) is 5.75 Å². The number of aromatic carboxylic acids is 1. The fourth-order valence-corrected chi connectivity index (χ4v) is 1.67. The number of rotatable bonds is 6. The molecule has 0 bridgehead atoms. The van der Waals surface area contributed by atoms with Crippen LogP contribution >= 0.6 is 0 Å². The van der Waals surface area contributed by atoms with Crippen LogP contribution in [0.15, 0.2) is 48.5 Å². The molecule has 104 valence electrons. The highest BCUT2D eigenvalue weighted by Gasteiger charge is 2.03. The summed E-state index contributed by atoms with van der Waals surface area (Å²) < 4.78 is 11.0. The molecule has 0 saturated carbocycles. The molecule has 0 radical (unpaired) electrons. The molecule has 0 aromatic heterocycles. The number of carboxylic acids is 1. The van der Waals surface area contributed by atoms with Gasteiger partial charge in [-0.15, -0.1) is 0 Å². The summed E-state index contributed by atoms with van der Waals surface area (Å²) in [6.07, 6.45) is 0. The highest BCUT2D eigenvalue weighted by molar-refractivity contribution is 5.87. The zero-order valence-electron chi connectivity index (χ0n) is 11.2. The third kappa shape index (κ3) is 4.02. The zero-order valence-corrected chi connectivity index (χ0v) is 11.2. The minimum atomic E-state index is -0.966. The zero-order chi connectivity index (χ0) is 14.4. The predicted molar refractivity (Wildman–Crippen MR) is 75.6 cm³/mol. The Kier molecular flexibility index (Phi) is 4.60. The minimum Gasteiger partial charge on any atom is -0.490 e. The smallest absolute Gasteiger partial charge is 0.335 e. The Labute approximate surface area is 117 Å². The van der Waals surface area contributed by atoms with Crippen molar-refractivity contribution in [1.82, 2.24) is 0 Å². The average Bonchev–Trinajstić information content (AvgIpc) is 2.46. The first kappa shape index (κ1) is 13.9. The first-order valence-corrected chi connectivity index (χ1v) is 6.31. The molecular weight excluding hydrogens is 256 g/mol. The Balaban J connectivity index is 1.79. The van der Waals surface area contributed by atoms with E-state index in [1.54, 1.807) is 12.1 Å². The van der Waals surface area contributed by atoms with Crippen LogP contribution in [0.3, 0.4) is 0 Å². The lowest BCUT2D eigenvalue weighted by Gasteiger charge is -2.09. The van der Waals surface area contributed by atoms with Crippen LogP contribution < -0.4 is 9.47 Å². The van der Waals surface area contributed by atoms with Gasteiger partial charge in [-0.1, -0.05) is 23.8 Å². The van der Waals surface area contributed by atoms with Crippen LogP contribution in [-0.2, 0) is 0 Å². The summed E-state index contributed by atoms with van der Waals surface area (Å²) in [6.45, 7) is 2.78. The largest absolute Gasteiger partial charge is 0.490 e. The standard InChI is InChI=1S/C16H16O4/c1-12-5-7-14(8-6-12)19-9-10-20-15-4-2-3-13(11-15)16(17)18/h2-8,11H,9-10H2,1H3,(H,17,18). The molecule has 0 heterocycles. The van der Waals surface area contributed by atoms with Crippen molar-refractivity contribution in [1.29, 1.82) is 0 Å². The van der Waals surface area contributed by atoms with Crippen LogP contribution in [0.5, 0.6) is 11.5 Å². The van der Waals surface area contributed by atoms with Gasteiger partial charge in [-0.2, -0.15) is 0 Å². The second-order valence-corrected chi connectivity index (χ2v) is 4.34. The number of aryl methyl sites for hydroxylation is 1. The predicted octanol–water partition coefficient (Wildman–Crippen LogP) is 3.15. The van der Waals surface area contributed by atoms with Crippen molar-refractivity contribution in [2.75, 3.05) is 13.2 Å². The number of hydrogen-bond acceptors (Lipinski definition) is 3. The van der Waals surface area contributed by atoms with Crippen molar-refractivity contribution in [3.8, 4) is 11.5 Å². The molecule has 4 heteroatoms. The molecule has 0 aliphatic carbocycles. The first-order chi connectivity index (χ1) is 9.65. The summed E-state index contributed by atoms with van der Waals surface area (Å²) in [7, 11) is 0. The monoisotopic (exact) mass is 272 g/mol. The van der Waals surface area contributed by atoms with Crippen molar-refractivity contribution in [2.24, 2.45) is 0 Å². The molecule has 1 N–H and O–H groups in total.